The molecule has 21 heavy (non-hydrogen) atoms. The van der Waals surface area contributed by atoms with Gasteiger partial charge >= 0.3 is 0 Å². The standard InChI is InChI=1S/C18H24N2O/c1-5-12(2)20-16(10-11-17(20)21)18-13(3)19(4)15-9-7-6-8-14(15)18/h6-9,12,16H,5,10-11H2,1-4H3/t12-,16-/m1/s1. The number of carbonyl (C=O) groups is 1. The summed E-state index contributed by atoms with van der Waals surface area (Å²) in [5.74, 6) is 0.307. The summed E-state index contributed by atoms with van der Waals surface area (Å²) in [6, 6.07) is 9.07. The lowest BCUT2D eigenvalue weighted by Gasteiger charge is -2.31. The Balaban J connectivity index is 2.16. The molecule has 3 rings (SSSR count). The minimum Gasteiger partial charge on any atom is -0.348 e. The van der Waals surface area contributed by atoms with Gasteiger partial charge in [-0.2, -0.15) is 0 Å². The van der Waals surface area contributed by atoms with E-state index in [4.69, 9.17) is 0 Å². The summed E-state index contributed by atoms with van der Waals surface area (Å²) in [6.07, 6.45) is 2.63. The quantitative estimate of drug-likeness (QED) is 0.838. The second kappa shape index (κ2) is 5.21. The Morgan fingerprint density at radius 1 is 1.33 bits per heavy atom. The molecule has 1 aromatic heterocycles. The van der Waals surface area contributed by atoms with Crippen LogP contribution in [0.2, 0.25) is 0 Å². The molecule has 0 saturated carbocycles. The van der Waals surface area contributed by atoms with Gasteiger partial charge in [0.1, 0.15) is 0 Å². The zero-order valence-electron chi connectivity index (χ0n) is 13.4. The number of benzene rings is 1. The predicted octanol–water partition coefficient (Wildman–Crippen LogP) is 3.95. The second-order valence-electron chi connectivity index (χ2n) is 6.19. The highest BCUT2D eigenvalue weighted by atomic mass is 16.2. The molecule has 0 aliphatic carbocycles. The molecular formula is C18H24N2O. The van der Waals surface area contributed by atoms with Crippen molar-refractivity contribution in [3.63, 3.8) is 0 Å². The lowest BCUT2D eigenvalue weighted by atomic mass is 9.99. The molecule has 0 spiro atoms. The number of likely N-dealkylation sites (tertiary alicyclic amines) is 1. The number of carbonyl (C=O) groups excluding carboxylic acids is 1. The molecule has 3 heteroatoms. The van der Waals surface area contributed by atoms with Crippen molar-refractivity contribution in [1.82, 2.24) is 9.47 Å². The second-order valence-corrected chi connectivity index (χ2v) is 6.19. The van der Waals surface area contributed by atoms with Crippen molar-refractivity contribution >= 4 is 16.8 Å². The number of hydrogen-bond acceptors (Lipinski definition) is 1. The lowest BCUT2D eigenvalue weighted by Crippen LogP contribution is -2.35. The SMILES string of the molecule is CC[C@@H](C)N1C(=O)CC[C@@H]1c1c(C)n(C)c2ccccc12. The van der Waals surface area contributed by atoms with Crippen molar-refractivity contribution in [2.45, 2.75) is 52.1 Å². The Morgan fingerprint density at radius 2 is 2.05 bits per heavy atom. The van der Waals surface area contributed by atoms with E-state index in [0.717, 1.165) is 12.8 Å². The fourth-order valence-corrected chi connectivity index (χ4v) is 3.71. The molecule has 1 fully saturated rings. The van der Waals surface area contributed by atoms with Crippen LogP contribution in [0.15, 0.2) is 24.3 Å². The van der Waals surface area contributed by atoms with Crippen LogP contribution in [-0.2, 0) is 11.8 Å². The van der Waals surface area contributed by atoms with Gasteiger partial charge in [0.05, 0.1) is 6.04 Å². The maximum Gasteiger partial charge on any atom is 0.223 e. The summed E-state index contributed by atoms with van der Waals surface area (Å²) in [5.41, 5.74) is 3.89. The smallest absolute Gasteiger partial charge is 0.223 e. The zero-order chi connectivity index (χ0) is 15.1. The summed E-state index contributed by atoms with van der Waals surface area (Å²) in [5, 5.41) is 1.30. The first-order valence-corrected chi connectivity index (χ1v) is 7.91. The van der Waals surface area contributed by atoms with Gasteiger partial charge in [-0.25, -0.2) is 0 Å². The van der Waals surface area contributed by atoms with E-state index >= 15 is 0 Å². The van der Waals surface area contributed by atoms with E-state index in [2.05, 4.69) is 61.6 Å². The van der Waals surface area contributed by atoms with E-state index in [1.807, 2.05) is 0 Å². The molecule has 1 aromatic carbocycles. The Hall–Kier alpha value is -1.77. The Bertz CT molecular complexity index is 686. The van der Waals surface area contributed by atoms with E-state index in [0.29, 0.717) is 18.4 Å². The summed E-state index contributed by atoms with van der Waals surface area (Å²) in [7, 11) is 2.12. The fourth-order valence-electron chi connectivity index (χ4n) is 3.71. The van der Waals surface area contributed by atoms with Crippen molar-refractivity contribution < 1.29 is 4.79 Å². The molecular weight excluding hydrogens is 260 g/mol. The van der Waals surface area contributed by atoms with Gasteiger partial charge in [-0.3, -0.25) is 4.79 Å². The normalized spacial score (nSPS) is 20.5. The van der Waals surface area contributed by atoms with Crippen molar-refractivity contribution in [1.29, 1.82) is 0 Å². The largest absolute Gasteiger partial charge is 0.348 e. The van der Waals surface area contributed by atoms with Crippen LogP contribution in [0, 0.1) is 6.92 Å². The minimum absolute atomic E-state index is 0.235. The van der Waals surface area contributed by atoms with Gasteiger partial charge in [0.15, 0.2) is 0 Å². The molecule has 0 unspecified atom stereocenters. The molecule has 2 heterocycles. The summed E-state index contributed by atoms with van der Waals surface area (Å²) >= 11 is 0. The Kier molecular flexibility index (Phi) is 3.52. The highest BCUT2D eigenvalue weighted by molar-refractivity contribution is 5.88. The van der Waals surface area contributed by atoms with Crippen LogP contribution < -0.4 is 0 Å². The van der Waals surface area contributed by atoms with Crippen molar-refractivity contribution in [2.24, 2.45) is 7.05 Å². The van der Waals surface area contributed by atoms with Gasteiger partial charge in [0.25, 0.3) is 0 Å². The number of aryl methyl sites for hydroxylation is 1. The lowest BCUT2D eigenvalue weighted by molar-refractivity contribution is -0.131. The Labute approximate surface area is 126 Å². The molecule has 112 valence electrons. The van der Waals surface area contributed by atoms with E-state index in [1.54, 1.807) is 0 Å². The summed E-state index contributed by atoms with van der Waals surface area (Å²) < 4.78 is 2.25. The van der Waals surface area contributed by atoms with E-state index in [-0.39, 0.29) is 6.04 Å². The number of aromatic nitrogens is 1. The number of rotatable bonds is 3. The molecule has 1 aliphatic rings. The highest BCUT2D eigenvalue weighted by Gasteiger charge is 2.37. The maximum atomic E-state index is 12.3. The van der Waals surface area contributed by atoms with Crippen molar-refractivity contribution in [2.75, 3.05) is 0 Å². The van der Waals surface area contributed by atoms with E-state index in [1.165, 1.54) is 22.2 Å². The molecule has 0 N–H and O–H groups in total. The first kappa shape index (κ1) is 14.2. The number of nitrogens with zero attached hydrogens (tertiary/aromatic N) is 2. The first-order valence-electron chi connectivity index (χ1n) is 7.91. The summed E-state index contributed by atoms with van der Waals surface area (Å²) in [6.45, 7) is 6.49. The van der Waals surface area contributed by atoms with Gasteiger partial charge in [-0.05, 0) is 32.8 Å². The van der Waals surface area contributed by atoms with Crippen LogP contribution in [0.5, 0.6) is 0 Å². The molecule has 2 aromatic rings. The van der Waals surface area contributed by atoms with Crippen LogP contribution in [-0.4, -0.2) is 21.4 Å². The molecule has 1 amide bonds. The van der Waals surface area contributed by atoms with Gasteiger partial charge in [-0.15, -0.1) is 0 Å². The third kappa shape index (κ3) is 2.06. The molecule has 3 nitrogen and oxygen atoms in total. The highest BCUT2D eigenvalue weighted by Crippen LogP contribution is 2.41. The van der Waals surface area contributed by atoms with Crippen molar-refractivity contribution in [3.8, 4) is 0 Å². The predicted molar refractivity (Wildman–Crippen MR) is 86.2 cm³/mol. The average molecular weight is 284 g/mol. The van der Waals surface area contributed by atoms with Gasteiger partial charge in [0, 0.05) is 41.7 Å². The van der Waals surface area contributed by atoms with Crippen LogP contribution in [0.1, 0.15) is 50.4 Å². The number of amides is 1. The van der Waals surface area contributed by atoms with Gasteiger partial charge < -0.3 is 9.47 Å². The number of hydrogen-bond donors (Lipinski definition) is 0. The molecule has 0 bridgehead atoms. The van der Waals surface area contributed by atoms with Crippen LogP contribution in [0.3, 0.4) is 0 Å². The summed E-state index contributed by atoms with van der Waals surface area (Å²) in [4.78, 5) is 14.5. The van der Waals surface area contributed by atoms with E-state index in [9.17, 15) is 4.79 Å². The Morgan fingerprint density at radius 3 is 2.76 bits per heavy atom. The van der Waals surface area contributed by atoms with Crippen LogP contribution in [0.4, 0.5) is 0 Å². The van der Waals surface area contributed by atoms with Gasteiger partial charge in [-0.1, -0.05) is 25.1 Å². The molecule has 2 atom stereocenters. The molecule has 1 aliphatic heterocycles. The zero-order valence-corrected chi connectivity index (χ0v) is 13.4. The van der Waals surface area contributed by atoms with Crippen molar-refractivity contribution in [3.05, 3.63) is 35.5 Å². The fraction of sp³-hybridized carbons (Fsp3) is 0.500. The average Bonchev–Trinajstić information content (AvgIpc) is 2.98. The van der Waals surface area contributed by atoms with Crippen LogP contribution in [0.25, 0.3) is 10.9 Å². The first-order chi connectivity index (χ1) is 10.1. The third-order valence-electron chi connectivity index (χ3n) is 5.10. The number of fused-ring (bicyclic) bond motifs is 1. The number of para-hydroxylation sites is 1. The molecule has 0 radical (unpaired) electrons. The minimum atomic E-state index is 0.235. The third-order valence-corrected chi connectivity index (χ3v) is 5.10. The maximum absolute atomic E-state index is 12.3. The van der Waals surface area contributed by atoms with Gasteiger partial charge in [0.2, 0.25) is 5.91 Å². The van der Waals surface area contributed by atoms with E-state index < -0.39 is 0 Å². The monoisotopic (exact) mass is 284 g/mol. The van der Waals surface area contributed by atoms with Crippen LogP contribution >= 0.6 is 0 Å². The molecule has 1 saturated heterocycles. The topological polar surface area (TPSA) is 25.2 Å².